The molecule has 1 aromatic carbocycles. The average molecular weight is 502 g/mol. The first-order valence-corrected chi connectivity index (χ1v) is 13.6. The summed E-state index contributed by atoms with van der Waals surface area (Å²) in [7, 11) is 2.10. The van der Waals surface area contributed by atoms with E-state index in [1.165, 1.54) is 23.3 Å². The molecule has 5 rings (SSSR count). The number of nitrogens with one attached hydrogen (secondary N) is 1. The lowest BCUT2D eigenvalue weighted by molar-refractivity contribution is 0.459. The maximum Gasteiger partial charge on any atom is 0.141 e. The molecule has 0 saturated carbocycles. The number of aromatic nitrogens is 2. The molecule has 1 atom stereocenters. The summed E-state index contributed by atoms with van der Waals surface area (Å²) in [6.07, 6.45) is 8.86. The van der Waals surface area contributed by atoms with E-state index in [1.54, 1.807) is 11.8 Å². The number of pyridine rings is 1. The number of anilines is 1. The summed E-state index contributed by atoms with van der Waals surface area (Å²) in [6, 6.07) is 13.4. The molecule has 36 heavy (non-hydrogen) atoms. The summed E-state index contributed by atoms with van der Waals surface area (Å²) < 4.78 is 15.7. The standard InChI is InChI=1S/C29H32FN5S/c1-3-20-17-28(36-19-25(20)22-6-9-24(30)10-7-22)34(2)29-26(5-4-14-31)33-27-11-8-23(18-35(27)29)21-12-15-32-16-13-21/h6-11,17-21,32H,3-5,12-13,15-16H2,1-2H3. The number of benzene rings is 1. The molecule has 3 aromatic rings. The molecule has 0 spiro atoms. The fraction of sp³-hybridized carbons (Fsp3) is 0.379. The number of halogens is 1. The summed E-state index contributed by atoms with van der Waals surface area (Å²) in [4.78, 5) is 7.16. The quantitative estimate of drug-likeness (QED) is 0.401. The molecule has 2 aliphatic heterocycles. The van der Waals surface area contributed by atoms with Gasteiger partial charge in [-0.15, -0.1) is 0 Å². The first kappa shape index (κ1) is 24.6. The molecule has 1 N–H and O–H groups in total. The molecule has 7 heteroatoms. The van der Waals surface area contributed by atoms with E-state index in [9.17, 15) is 9.65 Å². The Bertz CT molecular complexity index is 1330. The third kappa shape index (κ3) is 4.93. The fourth-order valence-electron chi connectivity index (χ4n) is 5.26. The van der Waals surface area contributed by atoms with Gasteiger partial charge in [-0.3, -0.25) is 4.40 Å². The summed E-state index contributed by atoms with van der Waals surface area (Å²) in [5.41, 5.74) is 5.49. The van der Waals surface area contributed by atoms with Crippen LogP contribution in [-0.4, -0.2) is 29.5 Å². The third-order valence-corrected chi connectivity index (χ3v) is 8.31. The Morgan fingerprint density at radius 3 is 2.69 bits per heavy atom. The molecular formula is C29H32FN5S. The van der Waals surface area contributed by atoms with E-state index in [-0.39, 0.29) is 11.7 Å². The first-order valence-electron chi connectivity index (χ1n) is 12.8. The Morgan fingerprint density at radius 1 is 1.19 bits per heavy atom. The highest BCUT2D eigenvalue weighted by Crippen LogP contribution is 2.41. The number of fused-ring (bicyclic) bond motifs is 1. The van der Waals surface area contributed by atoms with E-state index < -0.39 is 0 Å². The van der Waals surface area contributed by atoms with Crippen molar-refractivity contribution < 1.29 is 4.39 Å². The molecule has 0 aliphatic carbocycles. The van der Waals surface area contributed by atoms with Crippen molar-refractivity contribution in [1.82, 2.24) is 14.7 Å². The molecular weight excluding hydrogens is 469 g/mol. The predicted octanol–water partition coefficient (Wildman–Crippen LogP) is 6.49. The zero-order valence-electron chi connectivity index (χ0n) is 20.9. The van der Waals surface area contributed by atoms with E-state index in [1.807, 2.05) is 12.1 Å². The lowest BCUT2D eigenvalue weighted by Gasteiger charge is -2.29. The van der Waals surface area contributed by atoms with Crippen LogP contribution >= 0.6 is 11.8 Å². The van der Waals surface area contributed by atoms with E-state index in [2.05, 4.69) is 64.5 Å². The van der Waals surface area contributed by atoms with Gasteiger partial charge in [0.1, 0.15) is 17.3 Å². The molecule has 2 aromatic heterocycles. The topological polar surface area (TPSA) is 56.4 Å². The van der Waals surface area contributed by atoms with Crippen molar-refractivity contribution in [2.24, 2.45) is 5.92 Å². The van der Waals surface area contributed by atoms with Crippen molar-refractivity contribution in [2.45, 2.75) is 44.9 Å². The van der Waals surface area contributed by atoms with Crippen molar-refractivity contribution >= 4 is 28.8 Å². The molecule has 1 unspecified atom stereocenters. The minimum Gasteiger partial charge on any atom is -0.324 e. The number of rotatable bonds is 7. The van der Waals surface area contributed by atoms with E-state index in [4.69, 9.17) is 4.98 Å². The van der Waals surface area contributed by atoms with Gasteiger partial charge in [0, 0.05) is 32.0 Å². The Balaban J connectivity index is 1.50. The molecule has 2 aliphatic rings. The second kappa shape index (κ2) is 10.9. The number of thioether (sulfide) groups is 1. The van der Waals surface area contributed by atoms with Gasteiger partial charge in [0.05, 0.1) is 16.8 Å². The van der Waals surface area contributed by atoms with Gasteiger partial charge >= 0.3 is 0 Å². The highest BCUT2D eigenvalue weighted by molar-refractivity contribution is 8.06. The van der Waals surface area contributed by atoms with Crippen LogP contribution < -0.4 is 10.2 Å². The van der Waals surface area contributed by atoms with Crippen molar-refractivity contribution in [3.63, 3.8) is 0 Å². The van der Waals surface area contributed by atoms with Crippen LogP contribution in [0, 0.1) is 23.1 Å². The second-order valence-corrected chi connectivity index (χ2v) is 10.4. The Morgan fingerprint density at radius 2 is 1.97 bits per heavy atom. The summed E-state index contributed by atoms with van der Waals surface area (Å²) in [6.45, 7) is 4.29. The highest BCUT2D eigenvalue weighted by Gasteiger charge is 2.25. The van der Waals surface area contributed by atoms with Crippen LogP contribution in [-0.2, 0) is 6.42 Å². The van der Waals surface area contributed by atoms with Crippen molar-refractivity contribution in [3.05, 3.63) is 81.7 Å². The van der Waals surface area contributed by atoms with E-state index >= 15 is 0 Å². The van der Waals surface area contributed by atoms with E-state index in [0.717, 1.165) is 60.1 Å². The summed E-state index contributed by atoms with van der Waals surface area (Å²) >= 11 is 1.69. The van der Waals surface area contributed by atoms with Gasteiger partial charge in [0.2, 0.25) is 0 Å². The molecule has 186 valence electrons. The van der Waals surface area contributed by atoms with Gasteiger partial charge in [-0.25, -0.2) is 9.37 Å². The third-order valence-electron chi connectivity index (χ3n) is 7.29. The first-order chi connectivity index (χ1) is 17.6. The van der Waals surface area contributed by atoms with Crippen LogP contribution in [0.25, 0.3) is 11.2 Å². The molecule has 1 saturated heterocycles. The molecule has 4 heterocycles. The summed E-state index contributed by atoms with van der Waals surface area (Å²) in [5, 5.41) is 16.1. The van der Waals surface area contributed by atoms with Crippen molar-refractivity contribution in [2.75, 3.05) is 25.0 Å². The van der Waals surface area contributed by atoms with Crippen LogP contribution in [0.5, 0.6) is 0 Å². The molecule has 0 bridgehead atoms. The van der Waals surface area contributed by atoms with E-state index in [0.29, 0.717) is 18.8 Å². The number of aryl methyl sites for hydroxylation is 1. The van der Waals surface area contributed by atoms with Gasteiger partial charge < -0.3 is 10.2 Å². The van der Waals surface area contributed by atoms with Crippen LogP contribution in [0.15, 0.2) is 59.1 Å². The van der Waals surface area contributed by atoms with Crippen LogP contribution in [0.1, 0.15) is 55.3 Å². The average Bonchev–Trinajstić information content (AvgIpc) is 3.29. The van der Waals surface area contributed by atoms with Gasteiger partial charge in [-0.1, -0.05) is 36.9 Å². The maximum atomic E-state index is 13.5. The fourth-order valence-corrected chi connectivity index (χ4v) is 6.31. The van der Waals surface area contributed by atoms with Gasteiger partial charge in [-0.2, -0.15) is 5.26 Å². The lowest BCUT2D eigenvalue weighted by Crippen LogP contribution is -2.26. The Hall–Kier alpha value is -3.08. The van der Waals surface area contributed by atoms with Crippen LogP contribution in [0.2, 0.25) is 0 Å². The number of nitriles is 1. The van der Waals surface area contributed by atoms with Crippen molar-refractivity contribution in [1.29, 1.82) is 5.26 Å². The molecule has 1 fully saturated rings. The molecule has 5 nitrogen and oxygen atoms in total. The maximum absolute atomic E-state index is 13.5. The minimum absolute atomic E-state index is 0.215. The molecule has 0 radical (unpaired) electrons. The largest absolute Gasteiger partial charge is 0.324 e. The smallest absolute Gasteiger partial charge is 0.141 e. The Kier molecular flexibility index (Phi) is 7.45. The number of piperidine rings is 1. The monoisotopic (exact) mass is 501 g/mol. The number of hydrogen-bond donors (Lipinski definition) is 1. The van der Waals surface area contributed by atoms with Gasteiger partial charge in [0.15, 0.2) is 0 Å². The molecule has 0 amide bonds. The van der Waals surface area contributed by atoms with Crippen molar-refractivity contribution in [3.8, 4) is 6.07 Å². The van der Waals surface area contributed by atoms with Gasteiger partial charge in [-0.05, 0) is 84.7 Å². The number of imidazole rings is 1. The predicted molar refractivity (Wildman–Crippen MR) is 146 cm³/mol. The highest BCUT2D eigenvalue weighted by atomic mass is 32.2. The SMILES string of the molecule is CCC1C=C(N(C)c2c(CCC#N)nc3ccc(C4CCNCC4)cn23)SC=C1c1ccc(F)cc1. The summed E-state index contributed by atoms with van der Waals surface area (Å²) in [5.74, 6) is 1.60. The normalized spacial score (nSPS) is 18.6. The zero-order chi connectivity index (χ0) is 25.1. The lowest BCUT2D eigenvalue weighted by atomic mass is 9.91. The zero-order valence-corrected chi connectivity index (χ0v) is 21.7. The second-order valence-electron chi connectivity index (χ2n) is 9.53. The Labute approximate surface area is 216 Å². The van der Waals surface area contributed by atoms with Gasteiger partial charge in [0.25, 0.3) is 0 Å². The van der Waals surface area contributed by atoms with Crippen LogP contribution in [0.3, 0.4) is 0 Å². The number of allylic oxidation sites excluding steroid dienone is 2. The minimum atomic E-state index is -0.215. The van der Waals surface area contributed by atoms with Crippen LogP contribution in [0.4, 0.5) is 10.2 Å². The number of hydrogen-bond acceptors (Lipinski definition) is 5. The number of nitrogens with zero attached hydrogens (tertiary/aromatic N) is 4.